The van der Waals surface area contributed by atoms with E-state index < -0.39 is 0 Å². The van der Waals surface area contributed by atoms with Crippen molar-refractivity contribution >= 4 is 34.2 Å². The maximum Gasteiger partial charge on any atom is 0.240 e. The molecule has 3 aromatic heterocycles. The number of hydrogen-bond donors (Lipinski definition) is 1. The highest BCUT2D eigenvalue weighted by atomic mass is 32.2. The Kier molecular flexibility index (Phi) is 3.66. The number of rotatable bonds is 4. The highest BCUT2D eigenvalue weighted by Gasteiger charge is 2.12. The van der Waals surface area contributed by atoms with E-state index in [9.17, 15) is 0 Å². The van der Waals surface area contributed by atoms with Crippen LogP contribution in [0, 0.1) is 0 Å². The van der Waals surface area contributed by atoms with Crippen LogP contribution in [0.3, 0.4) is 0 Å². The predicted molar refractivity (Wildman–Crippen MR) is 79.7 cm³/mol. The Morgan fingerprint density at radius 2 is 2.10 bits per heavy atom. The Morgan fingerprint density at radius 3 is 2.76 bits per heavy atom. The minimum Gasteiger partial charge on any atom is -0.368 e. The zero-order valence-electron chi connectivity index (χ0n) is 11.2. The van der Waals surface area contributed by atoms with Crippen molar-refractivity contribution in [2.75, 3.05) is 24.7 Å². The number of nitrogens with two attached hydrogens (primary N) is 1. The van der Waals surface area contributed by atoms with Crippen LogP contribution in [0.25, 0.3) is 5.95 Å². The molecule has 0 aliphatic heterocycles. The van der Waals surface area contributed by atoms with E-state index in [1.165, 1.54) is 23.1 Å². The van der Waals surface area contributed by atoms with Gasteiger partial charge < -0.3 is 10.6 Å². The number of aromatic nitrogens is 7. The van der Waals surface area contributed by atoms with Crippen molar-refractivity contribution < 1.29 is 0 Å². The lowest BCUT2D eigenvalue weighted by Crippen LogP contribution is -2.07. The van der Waals surface area contributed by atoms with E-state index in [-0.39, 0.29) is 5.95 Å². The first kappa shape index (κ1) is 13.7. The van der Waals surface area contributed by atoms with E-state index in [0.717, 1.165) is 9.47 Å². The van der Waals surface area contributed by atoms with E-state index in [2.05, 4.69) is 30.1 Å². The molecule has 0 aliphatic rings. The number of anilines is 2. The second-order valence-electron chi connectivity index (χ2n) is 4.09. The van der Waals surface area contributed by atoms with Crippen molar-refractivity contribution in [2.24, 2.45) is 0 Å². The average molecular weight is 321 g/mol. The van der Waals surface area contributed by atoms with Gasteiger partial charge in [0.25, 0.3) is 0 Å². The lowest BCUT2D eigenvalue weighted by atomic mass is 10.8. The monoisotopic (exact) mass is 321 g/mol. The standard InChI is InChI=1S/C10H11N9S2/c1-18(2)9-16-17-10(21-9)20-8-14-6(11)13-7(15-8)19-4-3-12-5-19/h3-5H,1-2H3,(H2,11,13,14,15). The summed E-state index contributed by atoms with van der Waals surface area (Å²) < 4.78 is 2.40. The van der Waals surface area contributed by atoms with E-state index in [4.69, 9.17) is 5.73 Å². The lowest BCUT2D eigenvalue weighted by molar-refractivity contribution is 0.831. The van der Waals surface area contributed by atoms with Gasteiger partial charge in [-0.15, -0.1) is 10.2 Å². The Balaban J connectivity index is 1.88. The highest BCUT2D eigenvalue weighted by molar-refractivity contribution is 8.00. The summed E-state index contributed by atoms with van der Waals surface area (Å²) in [4.78, 5) is 18.4. The van der Waals surface area contributed by atoms with Gasteiger partial charge >= 0.3 is 0 Å². The van der Waals surface area contributed by atoms with Gasteiger partial charge in [-0.05, 0) is 11.8 Å². The van der Waals surface area contributed by atoms with E-state index in [1.54, 1.807) is 23.3 Å². The maximum absolute atomic E-state index is 5.72. The lowest BCUT2D eigenvalue weighted by Gasteiger charge is -2.04. The molecule has 2 N–H and O–H groups in total. The smallest absolute Gasteiger partial charge is 0.240 e. The van der Waals surface area contributed by atoms with Gasteiger partial charge in [0.1, 0.15) is 6.33 Å². The van der Waals surface area contributed by atoms with Crippen LogP contribution in [-0.4, -0.2) is 48.8 Å². The third kappa shape index (κ3) is 3.08. The predicted octanol–water partition coefficient (Wildman–Crippen LogP) is 0.708. The summed E-state index contributed by atoms with van der Waals surface area (Å²) in [6.07, 6.45) is 4.97. The van der Waals surface area contributed by atoms with Gasteiger partial charge in [-0.1, -0.05) is 11.3 Å². The molecule has 0 atom stereocenters. The third-order valence-electron chi connectivity index (χ3n) is 2.31. The molecule has 3 rings (SSSR count). The summed E-state index contributed by atoms with van der Waals surface area (Å²) in [5.41, 5.74) is 5.72. The first-order valence-electron chi connectivity index (χ1n) is 5.80. The molecule has 9 nitrogen and oxygen atoms in total. The summed E-state index contributed by atoms with van der Waals surface area (Å²) >= 11 is 2.75. The molecule has 0 aromatic carbocycles. The van der Waals surface area contributed by atoms with Crippen LogP contribution in [-0.2, 0) is 0 Å². The molecule has 3 heterocycles. The van der Waals surface area contributed by atoms with Crippen molar-refractivity contribution in [1.29, 1.82) is 0 Å². The first-order valence-corrected chi connectivity index (χ1v) is 7.43. The van der Waals surface area contributed by atoms with Gasteiger partial charge in [-0.25, -0.2) is 4.98 Å². The molecule has 0 unspecified atom stereocenters. The summed E-state index contributed by atoms with van der Waals surface area (Å²) in [7, 11) is 3.82. The number of nitrogens with zero attached hydrogens (tertiary/aromatic N) is 8. The Bertz CT molecular complexity index is 737. The van der Waals surface area contributed by atoms with Crippen LogP contribution >= 0.6 is 23.1 Å². The van der Waals surface area contributed by atoms with Crippen molar-refractivity contribution in [3.8, 4) is 5.95 Å². The highest BCUT2D eigenvalue weighted by Crippen LogP contribution is 2.31. The van der Waals surface area contributed by atoms with Gasteiger partial charge in [0.15, 0.2) is 4.34 Å². The maximum atomic E-state index is 5.72. The Labute approximate surface area is 128 Å². The molecule has 108 valence electrons. The fourth-order valence-corrected chi connectivity index (χ4v) is 3.02. The number of hydrogen-bond acceptors (Lipinski definition) is 10. The van der Waals surface area contributed by atoms with Crippen molar-refractivity contribution in [1.82, 2.24) is 34.7 Å². The largest absolute Gasteiger partial charge is 0.368 e. The van der Waals surface area contributed by atoms with Crippen molar-refractivity contribution in [3.05, 3.63) is 18.7 Å². The van der Waals surface area contributed by atoms with Crippen LogP contribution in [0.15, 0.2) is 28.2 Å². The van der Waals surface area contributed by atoms with Gasteiger partial charge in [-0.3, -0.25) is 4.57 Å². The van der Waals surface area contributed by atoms with Crippen LogP contribution in [0.1, 0.15) is 0 Å². The third-order valence-corrected chi connectivity index (χ3v) is 4.32. The quantitative estimate of drug-likeness (QED) is 0.742. The zero-order valence-corrected chi connectivity index (χ0v) is 12.8. The van der Waals surface area contributed by atoms with Crippen LogP contribution in [0.5, 0.6) is 0 Å². The zero-order chi connectivity index (χ0) is 14.8. The van der Waals surface area contributed by atoms with Crippen LogP contribution in [0.4, 0.5) is 11.1 Å². The van der Waals surface area contributed by atoms with Gasteiger partial charge in [-0.2, -0.15) is 15.0 Å². The van der Waals surface area contributed by atoms with Crippen molar-refractivity contribution in [3.63, 3.8) is 0 Å². The van der Waals surface area contributed by atoms with Gasteiger partial charge in [0.2, 0.25) is 22.2 Å². The molecule has 0 bridgehead atoms. The van der Waals surface area contributed by atoms with Crippen LogP contribution in [0.2, 0.25) is 0 Å². The second kappa shape index (κ2) is 5.61. The molecule has 0 spiro atoms. The fraction of sp³-hybridized carbons (Fsp3) is 0.200. The molecule has 3 aromatic rings. The summed E-state index contributed by atoms with van der Waals surface area (Å²) in [5, 5.41) is 9.43. The van der Waals surface area contributed by atoms with E-state index in [0.29, 0.717) is 11.1 Å². The first-order chi connectivity index (χ1) is 10.1. The summed E-state index contributed by atoms with van der Waals surface area (Å²) in [6, 6.07) is 0. The molecule has 0 saturated carbocycles. The van der Waals surface area contributed by atoms with Crippen LogP contribution < -0.4 is 10.6 Å². The summed E-state index contributed by atoms with van der Waals surface area (Å²) in [6.45, 7) is 0. The Hall–Kier alpha value is -2.27. The van der Waals surface area contributed by atoms with Gasteiger partial charge in [0.05, 0.1) is 0 Å². The SMILES string of the molecule is CN(C)c1nnc(Sc2nc(N)nc(-n3ccnc3)n2)s1. The Morgan fingerprint density at radius 1 is 1.24 bits per heavy atom. The number of imidazole rings is 1. The molecular weight excluding hydrogens is 310 g/mol. The normalized spacial score (nSPS) is 10.8. The van der Waals surface area contributed by atoms with E-state index in [1.807, 2.05) is 19.0 Å². The molecule has 0 saturated heterocycles. The second-order valence-corrected chi connectivity index (χ2v) is 6.26. The molecule has 0 fully saturated rings. The molecule has 0 amide bonds. The fourth-order valence-electron chi connectivity index (χ4n) is 1.40. The number of nitrogen functional groups attached to an aromatic ring is 1. The molecule has 21 heavy (non-hydrogen) atoms. The molecular formula is C10H11N9S2. The van der Waals surface area contributed by atoms with Crippen molar-refractivity contribution in [2.45, 2.75) is 9.50 Å². The van der Waals surface area contributed by atoms with E-state index >= 15 is 0 Å². The minimum atomic E-state index is 0.147. The molecule has 11 heteroatoms. The molecule has 0 radical (unpaired) electrons. The minimum absolute atomic E-state index is 0.147. The summed E-state index contributed by atoms with van der Waals surface area (Å²) in [5.74, 6) is 0.563. The van der Waals surface area contributed by atoms with Gasteiger partial charge in [0, 0.05) is 26.5 Å². The molecule has 0 aliphatic carbocycles. The topological polar surface area (TPSA) is 112 Å². The average Bonchev–Trinajstić information content (AvgIpc) is 3.08.